The fourth-order valence-electron chi connectivity index (χ4n) is 2.33. The Morgan fingerprint density at radius 3 is 2.56 bits per heavy atom. The van der Waals surface area contributed by atoms with Crippen LogP contribution in [0.5, 0.6) is 0 Å². The molecule has 2 nitrogen and oxygen atoms in total. The standard InChI is InChI=1S/C16H28N2/c1-5-7-12-18(4)13-16(17-6-2)15-11-9-8-10-14(15)3/h8-11,16-17H,5-7,12-13H2,1-4H3. The van der Waals surface area contributed by atoms with Crippen LogP contribution in [0.1, 0.15) is 43.9 Å². The molecule has 18 heavy (non-hydrogen) atoms. The van der Waals surface area contributed by atoms with Crippen molar-refractivity contribution in [2.24, 2.45) is 0 Å². The molecule has 0 aliphatic heterocycles. The molecule has 1 atom stereocenters. The Labute approximate surface area is 112 Å². The first-order valence-corrected chi connectivity index (χ1v) is 7.16. The summed E-state index contributed by atoms with van der Waals surface area (Å²) >= 11 is 0. The van der Waals surface area contributed by atoms with Gasteiger partial charge in [0.05, 0.1) is 0 Å². The summed E-state index contributed by atoms with van der Waals surface area (Å²) in [4.78, 5) is 2.43. The Hall–Kier alpha value is -0.860. The molecule has 0 amide bonds. The van der Waals surface area contributed by atoms with E-state index >= 15 is 0 Å². The van der Waals surface area contributed by atoms with Crippen LogP contribution in [0, 0.1) is 6.92 Å². The van der Waals surface area contributed by atoms with E-state index in [9.17, 15) is 0 Å². The average Bonchev–Trinajstić information content (AvgIpc) is 2.36. The number of likely N-dealkylation sites (N-methyl/N-ethyl adjacent to an activating group) is 2. The maximum atomic E-state index is 3.61. The van der Waals surface area contributed by atoms with Gasteiger partial charge in [-0.25, -0.2) is 0 Å². The fraction of sp³-hybridized carbons (Fsp3) is 0.625. The van der Waals surface area contributed by atoms with Gasteiger partial charge in [-0.2, -0.15) is 0 Å². The fourth-order valence-corrected chi connectivity index (χ4v) is 2.33. The summed E-state index contributed by atoms with van der Waals surface area (Å²) in [5.41, 5.74) is 2.81. The Bertz CT molecular complexity index is 336. The third-order valence-corrected chi connectivity index (χ3v) is 3.40. The van der Waals surface area contributed by atoms with Crippen LogP contribution < -0.4 is 5.32 Å². The summed E-state index contributed by atoms with van der Waals surface area (Å²) in [6, 6.07) is 9.14. The van der Waals surface area contributed by atoms with Gasteiger partial charge < -0.3 is 10.2 Å². The minimum Gasteiger partial charge on any atom is -0.309 e. The maximum absolute atomic E-state index is 3.61. The van der Waals surface area contributed by atoms with Crippen LogP contribution in [0.15, 0.2) is 24.3 Å². The van der Waals surface area contributed by atoms with Crippen LogP contribution in [0.25, 0.3) is 0 Å². The van der Waals surface area contributed by atoms with E-state index in [1.54, 1.807) is 0 Å². The van der Waals surface area contributed by atoms with E-state index < -0.39 is 0 Å². The van der Waals surface area contributed by atoms with E-state index in [2.05, 4.69) is 62.3 Å². The van der Waals surface area contributed by atoms with Gasteiger partial charge in [0, 0.05) is 12.6 Å². The quantitative estimate of drug-likeness (QED) is 0.759. The normalized spacial score (nSPS) is 12.9. The van der Waals surface area contributed by atoms with Crippen LogP contribution in [0.4, 0.5) is 0 Å². The molecule has 1 unspecified atom stereocenters. The number of hydrogen-bond donors (Lipinski definition) is 1. The van der Waals surface area contributed by atoms with E-state index in [0.717, 1.165) is 13.1 Å². The SMILES string of the molecule is CCCCN(C)CC(NCC)c1ccccc1C. The summed E-state index contributed by atoms with van der Waals surface area (Å²) < 4.78 is 0. The molecule has 1 aromatic rings. The highest BCUT2D eigenvalue weighted by Gasteiger charge is 2.14. The lowest BCUT2D eigenvalue weighted by atomic mass is 10.0. The highest BCUT2D eigenvalue weighted by Crippen LogP contribution is 2.18. The lowest BCUT2D eigenvalue weighted by molar-refractivity contribution is 0.287. The molecule has 0 saturated heterocycles. The molecule has 2 heteroatoms. The van der Waals surface area contributed by atoms with Crippen LogP contribution in [-0.4, -0.2) is 31.6 Å². The molecule has 1 aromatic carbocycles. The third kappa shape index (κ3) is 4.79. The molecule has 1 rings (SSSR count). The molecule has 0 fully saturated rings. The van der Waals surface area contributed by atoms with E-state index in [1.807, 2.05) is 0 Å². The number of benzene rings is 1. The minimum absolute atomic E-state index is 0.443. The van der Waals surface area contributed by atoms with Crippen molar-refractivity contribution in [1.29, 1.82) is 0 Å². The zero-order valence-electron chi connectivity index (χ0n) is 12.4. The smallest absolute Gasteiger partial charge is 0.0451 e. The van der Waals surface area contributed by atoms with E-state index in [1.165, 1.54) is 30.5 Å². The van der Waals surface area contributed by atoms with Crippen LogP contribution in [-0.2, 0) is 0 Å². The molecular weight excluding hydrogens is 220 g/mol. The first kappa shape index (κ1) is 15.2. The zero-order chi connectivity index (χ0) is 13.4. The Morgan fingerprint density at radius 2 is 1.94 bits per heavy atom. The van der Waals surface area contributed by atoms with E-state index in [4.69, 9.17) is 0 Å². The van der Waals surface area contributed by atoms with Gasteiger partial charge in [0.25, 0.3) is 0 Å². The molecule has 0 spiro atoms. The average molecular weight is 248 g/mol. The van der Waals surface area contributed by atoms with Crippen molar-refractivity contribution in [3.63, 3.8) is 0 Å². The molecule has 0 heterocycles. The predicted octanol–water partition coefficient (Wildman–Crippen LogP) is 3.38. The molecule has 102 valence electrons. The Morgan fingerprint density at radius 1 is 1.22 bits per heavy atom. The molecular formula is C16H28N2. The van der Waals surface area contributed by atoms with Crippen molar-refractivity contribution in [3.8, 4) is 0 Å². The number of aryl methyl sites for hydroxylation is 1. The van der Waals surface area contributed by atoms with E-state index in [0.29, 0.717) is 6.04 Å². The van der Waals surface area contributed by atoms with Crippen molar-refractivity contribution >= 4 is 0 Å². The highest BCUT2D eigenvalue weighted by molar-refractivity contribution is 5.29. The molecule has 0 radical (unpaired) electrons. The van der Waals surface area contributed by atoms with Gasteiger partial charge in [-0.15, -0.1) is 0 Å². The van der Waals surface area contributed by atoms with Gasteiger partial charge in [0.1, 0.15) is 0 Å². The number of nitrogens with zero attached hydrogens (tertiary/aromatic N) is 1. The van der Waals surface area contributed by atoms with Crippen LogP contribution in [0.3, 0.4) is 0 Å². The minimum atomic E-state index is 0.443. The van der Waals surface area contributed by atoms with E-state index in [-0.39, 0.29) is 0 Å². The monoisotopic (exact) mass is 248 g/mol. The zero-order valence-corrected chi connectivity index (χ0v) is 12.4. The number of hydrogen-bond acceptors (Lipinski definition) is 2. The van der Waals surface area contributed by atoms with Crippen molar-refractivity contribution in [2.75, 3.05) is 26.7 Å². The summed E-state index contributed by atoms with van der Waals surface area (Å²) in [6.07, 6.45) is 2.55. The number of nitrogens with one attached hydrogen (secondary N) is 1. The van der Waals surface area contributed by atoms with Gasteiger partial charge in [-0.3, -0.25) is 0 Å². The first-order valence-electron chi connectivity index (χ1n) is 7.16. The van der Waals surface area contributed by atoms with Crippen molar-refractivity contribution in [3.05, 3.63) is 35.4 Å². The van der Waals surface area contributed by atoms with Gasteiger partial charge in [0.2, 0.25) is 0 Å². The van der Waals surface area contributed by atoms with Crippen LogP contribution in [0.2, 0.25) is 0 Å². The Balaban J connectivity index is 2.68. The molecule has 0 aliphatic carbocycles. The highest BCUT2D eigenvalue weighted by atomic mass is 15.1. The Kier molecular flexibility index (Phi) is 6.99. The van der Waals surface area contributed by atoms with Crippen molar-refractivity contribution in [1.82, 2.24) is 10.2 Å². The van der Waals surface area contributed by atoms with Gasteiger partial charge in [0.15, 0.2) is 0 Å². The van der Waals surface area contributed by atoms with Crippen molar-refractivity contribution < 1.29 is 0 Å². The summed E-state index contributed by atoms with van der Waals surface area (Å²) in [7, 11) is 2.22. The molecule has 1 N–H and O–H groups in total. The second kappa shape index (κ2) is 8.28. The van der Waals surface area contributed by atoms with Crippen LogP contribution >= 0.6 is 0 Å². The molecule has 0 bridgehead atoms. The summed E-state index contributed by atoms with van der Waals surface area (Å²) in [5.74, 6) is 0. The number of unbranched alkanes of at least 4 members (excludes halogenated alkanes) is 1. The molecule has 0 aromatic heterocycles. The summed E-state index contributed by atoms with van der Waals surface area (Å²) in [6.45, 7) is 9.91. The first-order chi connectivity index (χ1) is 8.69. The molecule has 0 aliphatic rings. The lowest BCUT2D eigenvalue weighted by Gasteiger charge is -2.26. The largest absolute Gasteiger partial charge is 0.309 e. The second-order valence-corrected chi connectivity index (χ2v) is 5.08. The van der Waals surface area contributed by atoms with Gasteiger partial charge in [-0.05, 0) is 44.6 Å². The predicted molar refractivity (Wildman–Crippen MR) is 80.0 cm³/mol. The van der Waals surface area contributed by atoms with Crippen molar-refractivity contribution in [2.45, 2.75) is 39.7 Å². The number of rotatable bonds is 8. The van der Waals surface area contributed by atoms with Gasteiger partial charge in [-0.1, -0.05) is 44.5 Å². The van der Waals surface area contributed by atoms with Gasteiger partial charge >= 0.3 is 0 Å². The lowest BCUT2D eigenvalue weighted by Crippen LogP contribution is -2.34. The second-order valence-electron chi connectivity index (χ2n) is 5.08. The summed E-state index contributed by atoms with van der Waals surface area (Å²) in [5, 5.41) is 3.61. The maximum Gasteiger partial charge on any atom is 0.0451 e. The molecule has 0 saturated carbocycles. The third-order valence-electron chi connectivity index (χ3n) is 3.40. The topological polar surface area (TPSA) is 15.3 Å².